The molecule has 0 aliphatic carbocycles. The van der Waals surface area contributed by atoms with E-state index in [1.54, 1.807) is 13.8 Å². The molecule has 0 bridgehead atoms. The van der Waals surface area contributed by atoms with Crippen LogP contribution in [-0.4, -0.2) is 31.6 Å². The fourth-order valence-corrected chi connectivity index (χ4v) is 0.894. The van der Waals surface area contributed by atoms with Gasteiger partial charge in [0, 0.05) is 5.57 Å². The van der Waals surface area contributed by atoms with Gasteiger partial charge in [-0.1, -0.05) is 6.58 Å². The first kappa shape index (κ1) is 14.1. The highest BCUT2D eigenvalue weighted by molar-refractivity contribution is 5.86. The van der Waals surface area contributed by atoms with Gasteiger partial charge in [-0.3, -0.25) is 0 Å². The predicted molar refractivity (Wildman–Crippen MR) is 57.4 cm³/mol. The second-order valence-corrected chi connectivity index (χ2v) is 3.54. The molecule has 0 aromatic carbocycles. The molecular weight excluding hydrogens is 196 g/mol. The van der Waals surface area contributed by atoms with E-state index in [4.69, 9.17) is 14.2 Å². The minimum Gasteiger partial charge on any atom is -0.460 e. The minimum absolute atomic E-state index is 0.123. The summed E-state index contributed by atoms with van der Waals surface area (Å²) in [6.07, 6.45) is -0.161. The van der Waals surface area contributed by atoms with Crippen LogP contribution in [-0.2, 0) is 19.0 Å². The predicted octanol–water partition coefficient (Wildman–Crippen LogP) is 1.89. The molecule has 88 valence electrons. The van der Waals surface area contributed by atoms with E-state index in [0.29, 0.717) is 12.2 Å². The van der Waals surface area contributed by atoms with Crippen LogP contribution < -0.4 is 0 Å². The maximum atomic E-state index is 11.0. The summed E-state index contributed by atoms with van der Waals surface area (Å²) in [6, 6.07) is 0. The quantitative estimate of drug-likeness (QED) is 0.282. The lowest BCUT2D eigenvalue weighted by Gasteiger charge is -2.16. The number of rotatable bonds is 7. The smallest absolute Gasteiger partial charge is 0.333 e. The van der Waals surface area contributed by atoms with Crippen molar-refractivity contribution in [2.75, 3.05) is 13.2 Å². The monoisotopic (exact) mass is 216 g/mol. The average molecular weight is 216 g/mol. The van der Waals surface area contributed by atoms with E-state index in [1.165, 1.54) is 0 Å². The van der Waals surface area contributed by atoms with Gasteiger partial charge in [-0.05, 0) is 27.7 Å². The van der Waals surface area contributed by atoms with Crippen molar-refractivity contribution in [3.8, 4) is 0 Å². The summed E-state index contributed by atoms with van der Waals surface area (Å²) in [5.74, 6) is -0.393. The highest BCUT2D eigenvalue weighted by Gasteiger charge is 2.06. The topological polar surface area (TPSA) is 44.8 Å². The summed E-state index contributed by atoms with van der Waals surface area (Å²) in [7, 11) is 0. The molecular formula is C11H20O4. The van der Waals surface area contributed by atoms with E-state index in [9.17, 15) is 4.79 Å². The van der Waals surface area contributed by atoms with Crippen molar-refractivity contribution in [3.63, 3.8) is 0 Å². The molecule has 0 spiro atoms. The van der Waals surface area contributed by atoms with E-state index < -0.39 is 5.97 Å². The van der Waals surface area contributed by atoms with Crippen LogP contribution >= 0.6 is 0 Å². The third kappa shape index (κ3) is 8.15. The fourth-order valence-electron chi connectivity index (χ4n) is 0.894. The maximum absolute atomic E-state index is 11.0. The van der Waals surface area contributed by atoms with Crippen LogP contribution in [0.2, 0.25) is 0 Å². The summed E-state index contributed by atoms with van der Waals surface area (Å²) in [5.41, 5.74) is 0.390. The van der Waals surface area contributed by atoms with Crippen LogP contribution in [0.25, 0.3) is 0 Å². The molecule has 0 aromatic rings. The van der Waals surface area contributed by atoms with Crippen LogP contribution in [0.15, 0.2) is 12.2 Å². The number of ether oxygens (including phenoxy) is 3. The summed E-state index contributed by atoms with van der Waals surface area (Å²) in [6.45, 7) is 11.3. The largest absolute Gasteiger partial charge is 0.460 e. The molecule has 0 heterocycles. The number of hydrogen-bond acceptors (Lipinski definition) is 4. The van der Waals surface area contributed by atoms with Gasteiger partial charge in [0.25, 0.3) is 0 Å². The van der Waals surface area contributed by atoms with Crippen molar-refractivity contribution in [2.24, 2.45) is 0 Å². The molecule has 15 heavy (non-hydrogen) atoms. The van der Waals surface area contributed by atoms with Gasteiger partial charge in [-0.2, -0.15) is 0 Å². The zero-order valence-electron chi connectivity index (χ0n) is 9.91. The fraction of sp³-hybridized carbons (Fsp3) is 0.727. The molecule has 0 saturated heterocycles. The number of carbonyl (C=O) groups is 1. The van der Waals surface area contributed by atoms with Gasteiger partial charge in [0.2, 0.25) is 0 Å². The molecule has 4 nitrogen and oxygen atoms in total. The molecule has 0 rings (SSSR count). The molecule has 0 N–H and O–H groups in total. The lowest BCUT2D eigenvalue weighted by Crippen LogP contribution is -2.20. The summed E-state index contributed by atoms with van der Waals surface area (Å²) >= 11 is 0. The second-order valence-electron chi connectivity index (χ2n) is 3.54. The SMILES string of the molecule is C=C(C)C(=O)OCCOC(C)OC(C)C. The normalized spacial score (nSPS) is 12.6. The van der Waals surface area contributed by atoms with Crippen LogP contribution in [0.5, 0.6) is 0 Å². The second kappa shape index (κ2) is 7.43. The summed E-state index contributed by atoms with van der Waals surface area (Å²) in [5, 5.41) is 0. The molecule has 0 radical (unpaired) electrons. The zero-order valence-corrected chi connectivity index (χ0v) is 9.91. The Kier molecular flexibility index (Phi) is 6.99. The standard InChI is InChI=1S/C11H20O4/c1-8(2)11(12)14-7-6-13-10(5)15-9(3)4/h9-10H,1,6-7H2,2-5H3. The van der Waals surface area contributed by atoms with E-state index in [0.717, 1.165) is 0 Å². The summed E-state index contributed by atoms with van der Waals surface area (Å²) < 4.78 is 15.4. The van der Waals surface area contributed by atoms with Crippen LogP contribution in [0, 0.1) is 0 Å². The van der Waals surface area contributed by atoms with Crippen molar-refractivity contribution >= 4 is 5.97 Å². The molecule has 0 aliphatic rings. The van der Waals surface area contributed by atoms with Gasteiger partial charge in [0.15, 0.2) is 6.29 Å². The third-order valence-electron chi connectivity index (χ3n) is 1.48. The van der Waals surface area contributed by atoms with Gasteiger partial charge in [0.1, 0.15) is 6.61 Å². The summed E-state index contributed by atoms with van der Waals surface area (Å²) in [4.78, 5) is 11.0. The lowest BCUT2D eigenvalue weighted by molar-refractivity contribution is -0.164. The Balaban J connectivity index is 3.46. The minimum atomic E-state index is -0.393. The zero-order chi connectivity index (χ0) is 11.8. The number of esters is 1. The first-order valence-electron chi connectivity index (χ1n) is 5.03. The molecule has 0 aromatic heterocycles. The van der Waals surface area contributed by atoms with Gasteiger partial charge >= 0.3 is 5.97 Å². The van der Waals surface area contributed by atoms with E-state index in [2.05, 4.69) is 6.58 Å². The Bertz CT molecular complexity index is 211. The van der Waals surface area contributed by atoms with Crippen LogP contribution in [0.4, 0.5) is 0 Å². The Labute approximate surface area is 91.2 Å². The molecule has 1 unspecified atom stereocenters. The maximum Gasteiger partial charge on any atom is 0.333 e. The average Bonchev–Trinajstić information content (AvgIpc) is 2.10. The van der Waals surface area contributed by atoms with Crippen molar-refractivity contribution in [2.45, 2.75) is 40.1 Å². The Morgan fingerprint density at radius 1 is 1.27 bits per heavy atom. The molecule has 1 atom stereocenters. The molecule has 4 heteroatoms. The highest BCUT2D eigenvalue weighted by atomic mass is 16.7. The first-order valence-corrected chi connectivity index (χ1v) is 5.03. The highest BCUT2D eigenvalue weighted by Crippen LogP contribution is 1.99. The molecule has 0 fully saturated rings. The van der Waals surface area contributed by atoms with Gasteiger partial charge in [-0.25, -0.2) is 4.79 Å². The number of hydrogen-bond donors (Lipinski definition) is 0. The van der Waals surface area contributed by atoms with Crippen LogP contribution in [0.3, 0.4) is 0 Å². The van der Waals surface area contributed by atoms with Crippen molar-refractivity contribution in [3.05, 3.63) is 12.2 Å². The molecule has 0 amide bonds. The van der Waals surface area contributed by atoms with Crippen molar-refractivity contribution in [1.29, 1.82) is 0 Å². The van der Waals surface area contributed by atoms with E-state index in [-0.39, 0.29) is 19.0 Å². The van der Waals surface area contributed by atoms with Gasteiger partial charge < -0.3 is 14.2 Å². The Hall–Kier alpha value is -0.870. The van der Waals surface area contributed by atoms with Crippen LogP contribution in [0.1, 0.15) is 27.7 Å². The lowest BCUT2D eigenvalue weighted by atomic mass is 10.4. The van der Waals surface area contributed by atoms with Gasteiger partial charge in [-0.15, -0.1) is 0 Å². The first-order chi connectivity index (χ1) is 6.93. The Morgan fingerprint density at radius 3 is 2.33 bits per heavy atom. The van der Waals surface area contributed by atoms with E-state index >= 15 is 0 Å². The molecule has 0 aliphatic heterocycles. The number of carbonyl (C=O) groups excluding carboxylic acids is 1. The van der Waals surface area contributed by atoms with Gasteiger partial charge in [0.05, 0.1) is 12.7 Å². The Morgan fingerprint density at radius 2 is 1.87 bits per heavy atom. The third-order valence-corrected chi connectivity index (χ3v) is 1.48. The van der Waals surface area contributed by atoms with Crippen molar-refractivity contribution in [1.82, 2.24) is 0 Å². The molecule has 0 saturated carbocycles. The van der Waals surface area contributed by atoms with Crippen molar-refractivity contribution < 1.29 is 19.0 Å². The van der Waals surface area contributed by atoms with E-state index in [1.807, 2.05) is 13.8 Å².